The smallest absolute Gasteiger partial charge is 0.245 e. The van der Waals surface area contributed by atoms with Crippen LogP contribution in [0, 0.1) is 5.92 Å². The molecule has 2 atom stereocenters. The number of hydrogen-bond acceptors (Lipinski definition) is 3. The molecule has 18 heavy (non-hydrogen) atoms. The van der Waals surface area contributed by atoms with Crippen molar-refractivity contribution in [2.75, 3.05) is 23.3 Å². The molecule has 1 fully saturated rings. The number of piperidine rings is 1. The molecule has 2 aliphatic heterocycles. The largest absolute Gasteiger partial charge is 0.371 e. The summed E-state index contributed by atoms with van der Waals surface area (Å²) in [5.74, 6) is 0.637. The number of nitrogens with one attached hydrogen (secondary N) is 1. The second kappa shape index (κ2) is 4.28. The summed E-state index contributed by atoms with van der Waals surface area (Å²) in [5, 5.41) is 2.85. The first-order chi connectivity index (χ1) is 8.65. The van der Waals surface area contributed by atoms with Crippen molar-refractivity contribution in [2.45, 2.75) is 25.8 Å². The second-order valence-corrected chi connectivity index (χ2v) is 5.43. The number of amides is 1. The van der Waals surface area contributed by atoms with Crippen LogP contribution in [-0.2, 0) is 4.79 Å². The number of fused-ring (bicyclic) bond motifs is 1. The molecule has 0 bridgehead atoms. The predicted octanol–water partition coefficient (Wildman–Crippen LogP) is 1.87. The molecule has 0 radical (unpaired) electrons. The van der Waals surface area contributed by atoms with Crippen LogP contribution in [0.5, 0.6) is 0 Å². The summed E-state index contributed by atoms with van der Waals surface area (Å²) >= 11 is 0. The average molecular weight is 245 g/mol. The van der Waals surface area contributed by atoms with Gasteiger partial charge < -0.3 is 16.0 Å². The van der Waals surface area contributed by atoms with Crippen molar-refractivity contribution in [1.82, 2.24) is 0 Å². The minimum Gasteiger partial charge on any atom is -0.371 e. The SMILES string of the molecule is CC1CCCN(c2ccc3c(c2)NC(=O)C3N)C1. The molecule has 0 aliphatic carbocycles. The number of anilines is 2. The molecule has 2 heterocycles. The predicted molar refractivity (Wildman–Crippen MR) is 72.6 cm³/mol. The van der Waals surface area contributed by atoms with Gasteiger partial charge in [0, 0.05) is 30.0 Å². The summed E-state index contributed by atoms with van der Waals surface area (Å²) in [5.41, 5.74) is 8.79. The molecule has 4 nitrogen and oxygen atoms in total. The van der Waals surface area contributed by atoms with Crippen LogP contribution < -0.4 is 16.0 Å². The van der Waals surface area contributed by atoms with E-state index in [1.54, 1.807) is 0 Å². The number of hydrogen-bond donors (Lipinski definition) is 2. The zero-order chi connectivity index (χ0) is 12.7. The van der Waals surface area contributed by atoms with Crippen LogP contribution in [0.15, 0.2) is 18.2 Å². The molecule has 96 valence electrons. The molecular weight excluding hydrogens is 226 g/mol. The third-order valence-electron chi connectivity index (χ3n) is 3.93. The highest BCUT2D eigenvalue weighted by molar-refractivity contribution is 6.02. The average Bonchev–Trinajstić information content (AvgIpc) is 2.65. The molecule has 2 unspecified atom stereocenters. The van der Waals surface area contributed by atoms with E-state index in [1.807, 2.05) is 6.07 Å². The van der Waals surface area contributed by atoms with Gasteiger partial charge in [-0.05, 0) is 30.9 Å². The van der Waals surface area contributed by atoms with Gasteiger partial charge in [0.1, 0.15) is 6.04 Å². The fourth-order valence-corrected chi connectivity index (χ4v) is 2.90. The van der Waals surface area contributed by atoms with Gasteiger partial charge in [-0.1, -0.05) is 13.0 Å². The summed E-state index contributed by atoms with van der Waals surface area (Å²) in [6.07, 6.45) is 2.55. The number of benzene rings is 1. The molecule has 1 saturated heterocycles. The third kappa shape index (κ3) is 1.86. The van der Waals surface area contributed by atoms with E-state index in [9.17, 15) is 4.79 Å². The Kier molecular flexibility index (Phi) is 2.74. The van der Waals surface area contributed by atoms with Crippen LogP contribution in [0.25, 0.3) is 0 Å². The fourth-order valence-electron chi connectivity index (χ4n) is 2.90. The molecule has 3 rings (SSSR count). The normalized spacial score (nSPS) is 27.0. The number of carbonyl (C=O) groups is 1. The van der Waals surface area contributed by atoms with E-state index < -0.39 is 6.04 Å². The number of carbonyl (C=O) groups excluding carboxylic acids is 1. The molecule has 0 saturated carbocycles. The lowest BCUT2D eigenvalue weighted by Gasteiger charge is -2.33. The topological polar surface area (TPSA) is 58.4 Å². The van der Waals surface area contributed by atoms with E-state index >= 15 is 0 Å². The molecular formula is C14H19N3O. The van der Waals surface area contributed by atoms with Crippen molar-refractivity contribution < 1.29 is 4.79 Å². The third-order valence-corrected chi connectivity index (χ3v) is 3.93. The van der Waals surface area contributed by atoms with Crippen molar-refractivity contribution in [2.24, 2.45) is 11.7 Å². The van der Waals surface area contributed by atoms with Gasteiger partial charge in [-0.3, -0.25) is 4.79 Å². The van der Waals surface area contributed by atoms with E-state index in [0.29, 0.717) is 0 Å². The van der Waals surface area contributed by atoms with Crippen molar-refractivity contribution in [3.8, 4) is 0 Å². The Hall–Kier alpha value is -1.55. The molecule has 1 amide bonds. The molecule has 1 aromatic rings. The van der Waals surface area contributed by atoms with Gasteiger partial charge >= 0.3 is 0 Å². The zero-order valence-corrected chi connectivity index (χ0v) is 10.6. The first-order valence-electron chi connectivity index (χ1n) is 6.60. The Morgan fingerprint density at radius 1 is 1.44 bits per heavy atom. The highest BCUT2D eigenvalue weighted by Gasteiger charge is 2.28. The van der Waals surface area contributed by atoms with Crippen molar-refractivity contribution >= 4 is 17.3 Å². The van der Waals surface area contributed by atoms with Crippen molar-refractivity contribution in [3.05, 3.63) is 23.8 Å². The first kappa shape index (κ1) is 11.5. The molecule has 2 aliphatic rings. The lowest BCUT2D eigenvalue weighted by atomic mass is 9.99. The maximum absolute atomic E-state index is 11.5. The van der Waals surface area contributed by atoms with Gasteiger partial charge in [0.2, 0.25) is 5.91 Å². The van der Waals surface area contributed by atoms with Crippen LogP contribution in [0.4, 0.5) is 11.4 Å². The summed E-state index contributed by atoms with van der Waals surface area (Å²) in [7, 11) is 0. The highest BCUT2D eigenvalue weighted by atomic mass is 16.2. The number of nitrogens with zero attached hydrogens (tertiary/aromatic N) is 1. The van der Waals surface area contributed by atoms with E-state index in [1.165, 1.54) is 18.5 Å². The second-order valence-electron chi connectivity index (χ2n) is 5.43. The first-order valence-corrected chi connectivity index (χ1v) is 6.60. The van der Waals surface area contributed by atoms with Gasteiger partial charge in [-0.25, -0.2) is 0 Å². The molecule has 0 spiro atoms. The van der Waals surface area contributed by atoms with Crippen LogP contribution in [0.3, 0.4) is 0 Å². The standard InChI is InChI=1S/C14H19N3O/c1-9-3-2-6-17(8-9)10-4-5-11-12(7-10)16-14(18)13(11)15/h4-5,7,9,13H,2-3,6,8,15H2,1H3,(H,16,18). The Morgan fingerprint density at radius 3 is 3.06 bits per heavy atom. The molecule has 4 heteroatoms. The maximum Gasteiger partial charge on any atom is 0.245 e. The Labute approximate surface area is 107 Å². The minimum atomic E-state index is -0.505. The summed E-state index contributed by atoms with van der Waals surface area (Å²) in [6, 6.07) is 5.61. The van der Waals surface area contributed by atoms with Gasteiger partial charge in [0.25, 0.3) is 0 Å². The van der Waals surface area contributed by atoms with E-state index in [4.69, 9.17) is 5.73 Å². The molecule has 1 aromatic carbocycles. The van der Waals surface area contributed by atoms with Crippen LogP contribution in [0.2, 0.25) is 0 Å². The Morgan fingerprint density at radius 2 is 2.28 bits per heavy atom. The Bertz CT molecular complexity index is 486. The lowest BCUT2D eigenvalue weighted by molar-refractivity contribution is -0.116. The number of rotatable bonds is 1. The zero-order valence-electron chi connectivity index (χ0n) is 10.6. The van der Waals surface area contributed by atoms with Crippen LogP contribution >= 0.6 is 0 Å². The van der Waals surface area contributed by atoms with Crippen LogP contribution in [-0.4, -0.2) is 19.0 Å². The van der Waals surface area contributed by atoms with Gasteiger partial charge in [0.15, 0.2) is 0 Å². The van der Waals surface area contributed by atoms with Gasteiger partial charge in [-0.2, -0.15) is 0 Å². The van der Waals surface area contributed by atoms with Gasteiger partial charge in [-0.15, -0.1) is 0 Å². The maximum atomic E-state index is 11.5. The number of nitrogens with two attached hydrogens (primary N) is 1. The van der Waals surface area contributed by atoms with E-state index in [2.05, 4.69) is 29.3 Å². The summed E-state index contributed by atoms with van der Waals surface area (Å²) in [6.45, 7) is 4.49. The van der Waals surface area contributed by atoms with Crippen LogP contribution in [0.1, 0.15) is 31.4 Å². The van der Waals surface area contributed by atoms with Crippen molar-refractivity contribution in [1.29, 1.82) is 0 Å². The van der Waals surface area contributed by atoms with E-state index in [0.717, 1.165) is 30.3 Å². The summed E-state index contributed by atoms with van der Waals surface area (Å²) in [4.78, 5) is 13.9. The highest BCUT2D eigenvalue weighted by Crippen LogP contribution is 2.33. The monoisotopic (exact) mass is 245 g/mol. The fraction of sp³-hybridized carbons (Fsp3) is 0.500. The lowest BCUT2D eigenvalue weighted by Crippen LogP contribution is -2.34. The minimum absolute atomic E-state index is 0.103. The Balaban J connectivity index is 1.87. The summed E-state index contributed by atoms with van der Waals surface area (Å²) < 4.78 is 0. The van der Waals surface area contributed by atoms with Gasteiger partial charge in [0.05, 0.1) is 0 Å². The van der Waals surface area contributed by atoms with Crippen molar-refractivity contribution in [3.63, 3.8) is 0 Å². The molecule has 0 aromatic heterocycles. The quantitative estimate of drug-likeness (QED) is 0.794. The molecule has 3 N–H and O–H groups in total. The van der Waals surface area contributed by atoms with E-state index in [-0.39, 0.29) is 5.91 Å².